The lowest BCUT2D eigenvalue weighted by atomic mass is 9.74. The van der Waals surface area contributed by atoms with Crippen LogP contribution in [0.3, 0.4) is 0 Å². The summed E-state index contributed by atoms with van der Waals surface area (Å²) in [6.07, 6.45) is 7.42. The molecule has 0 bridgehead atoms. The van der Waals surface area contributed by atoms with Gasteiger partial charge in [-0.25, -0.2) is 4.39 Å². The van der Waals surface area contributed by atoms with E-state index >= 15 is 0 Å². The highest BCUT2D eigenvalue weighted by Crippen LogP contribution is 2.52. The number of rotatable bonds is 4. The molecule has 0 saturated heterocycles. The second-order valence-corrected chi connectivity index (χ2v) is 13.6. The van der Waals surface area contributed by atoms with Crippen LogP contribution in [-0.2, 0) is 17.3 Å². The van der Waals surface area contributed by atoms with Crippen molar-refractivity contribution in [3.63, 3.8) is 0 Å². The molecule has 2 nitrogen and oxygen atoms in total. The lowest BCUT2D eigenvalue weighted by Gasteiger charge is -2.29. The Morgan fingerprint density at radius 2 is 1.56 bits per heavy atom. The summed E-state index contributed by atoms with van der Waals surface area (Å²) in [6, 6.07) is 31.5. The number of halogens is 2. The maximum absolute atomic E-state index is 14.6. The summed E-state index contributed by atoms with van der Waals surface area (Å²) >= 11 is 3.52. The zero-order valence-corrected chi connectivity index (χ0v) is 26.8. The van der Waals surface area contributed by atoms with Crippen LogP contribution in [0.1, 0.15) is 37.5 Å². The van der Waals surface area contributed by atoms with E-state index in [1.165, 1.54) is 61.5 Å². The topological polar surface area (TPSA) is 6.25 Å². The quantitative estimate of drug-likeness (QED) is 0.179. The van der Waals surface area contributed by atoms with Gasteiger partial charge in [-0.05, 0) is 96.3 Å². The molecule has 5 aromatic carbocycles. The van der Waals surface area contributed by atoms with Gasteiger partial charge in [0.05, 0.1) is 5.41 Å². The van der Waals surface area contributed by atoms with E-state index < -0.39 is 0 Å². The molecule has 0 saturated carbocycles. The Bertz CT molecular complexity index is 2030. The monoisotopic (exact) mass is 629 g/mol. The number of nitrogens with zero attached hydrogens (tertiary/aromatic N) is 2. The fourth-order valence-corrected chi connectivity index (χ4v) is 8.10. The molecule has 0 N–H and O–H groups in total. The molecule has 0 aliphatic carbocycles. The summed E-state index contributed by atoms with van der Waals surface area (Å²) < 4.78 is 17.7. The first-order chi connectivity index (χ1) is 20.6. The third-order valence-electron chi connectivity index (χ3n) is 9.64. The van der Waals surface area contributed by atoms with Gasteiger partial charge in [0.2, 0.25) is 5.69 Å². The summed E-state index contributed by atoms with van der Waals surface area (Å²) in [5, 5.41) is 4.99. The van der Waals surface area contributed by atoms with Crippen molar-refractivity contribution in [2.24, 2.45) is 0 Å². The number of likely N-dealkylation sites (N-methyl/N-ethyl adjacent to an activating group) is 1. The fourth-order valence-electron chi connectivity index (χ4n) is 7.59. The zero-order chi connectivity index (χ0) is 30.1. The van der Waals surface area contributed by atoms with E-state index in [9.17, 15) is 4.39 Å². The number of anilines is 1. The van der Waals surface area contributed by atoms with E-state index in [-0.39, 0.29) is 16.6 Å². The van der Waals surface area contributed by atoms with Gasteiger partial charge in [-0.3, -0.25) is 0 Å². The highest BCUT2D eigenvalue weighted by atomic mass is 79.9. The van der Waals surface area contributed by atoms with Gasteiger partial charge in [0.25, 0.3) is 0 Å². The van der Waals surface area contributed by atoms with Crippen molar-refractivity contribution in [2.75, 3.05) is 19.0 Å². The van der Waals surface area contributed by atoms with Crippen LogP contribution in [0.2, 0.25) is 0 Å². The molecule has 43 heavy (non-hydrogen) atoms. The van der Waals surface area contributed by atoms with E-state index in [0.717, 1.165) is 10.0 Å². The molecule has 0 aromatic heterocycles. The van der Waals surface area contributed by atoms with E-state index in [1.807, 2.05) is 6.07 Å². The molecule has 0 fully saturated rings. The molecule has 1 unspecified atom stereocenters. The number of fused-ring (bicyclic) bond motifs is 5. The molecule has 5 aromatic rings. The Morgan fingerprint density at radius 3 is 2.30 bits per heavy atom. The lowest BCUT2D eigenvalue weighted by Crippen LogP contribution is -2.29. The van der Waals surface area contributed by atoms with E-state index in [0.29, 0.717) is 6.42 Å². The zero-order valence-electron chi connectivity index (χ0n) is 25.2. The molecule has 0 spiro atoms. The molecule has 0 amide bonds. The van der Waals surface area contributed by atoms with Gasteiger partial charge in [0, 0.05) is 46.0 Å². The molecule has 2 aliphatic heterocycles. The van der Waals surface area contributed by atoms with Gasteiger partial charge < -0.3 is 4.90 Å². The predicted octanol–water partition coefficient (Wildman–Crippen LogP) is 9.99. The van der Waals surface area contributed by atoms with E-state index in [2.05, 4.69) is 151 Å². The largest absolute Gasteiger partial charge is 0.347 e. The Kier molecular flexibility index (Phi) is 6.48. The smallest absolute Gasteiger partial charge is 0.210 e. The van der Waals surface area contributed by atoms with Gasteiger partial charge in [0.15, 0.2) is 5.71 Å². The predicted molar refractivity (Wildman–Crippen MR) is 183 cm³/mol. The van der Waals surface area contributed by atoms with Crippen molar-refractivity contribution < 1.29 is 8.97 Å². The normalized spacial score (nSPS) is 20.2. The maximum atomic E-state index is 14.6. The molecule has 0 radical (unpaired) electrons. The number of benzene rings is 5. The second kappa shape index (κ2) is 10.0. The highest BCUT2D eigenvalue weighted by molar-refractivity contribution is 9.10. The fraction of sp³-hybridized carbons (Fsp3) is 0.205. The van der Waals surface area contributed by atoms with Crippen molar-refractivity contribution in [1.82, 2.24) is 0 Å². The molecule has 4 heteroatoms. The van der Waals surface area contributed by atoms with Crippen molar-refractivity contribution >= 4 is 54.6 Å². The third kappa shape index (κ3) is 4.38. The van der Waals surface area contributed by atoms with Crippen LogP contribution in [0.4, 0.5) is 15.8 Å². The first kappa shape index (κ1) is 27.8. The summed E-state index contributed by atoms with van der Waals surface area (Å²) in [5.74, 6) is -0.224. The Labute approximate surface area is 261 Å². The molecule has 2 heterocycles. The van der Waals surface area contributed by atoms with Gasteiger partial charge >= 0.3 is 0 Å². The van der Waals surface area contributed by atoms with Crippen molar-refractivity contribution in [3.8, 4) is 0 Å². The van der Waals surface area contributed by atoms with Gasteiger partial charge in [-0.15, -0.1) is 0 Å². The summed E-state index contributed by atoms with van der Waals surface area (Å²) in [5.41, 5.74) is 8.00. The number of hydrogen-bond acceptors (Lipinski definition) is 1. The van der Waals surface area contributed by atoms with Crippen LogP contribution < -0.4 is 4.90 Å². The minimum absolute atomic E-state index is 0.138. The summed E-state index contributed by atoms with van der Waals surface area (Å²) in [4.78, 5) is 2.32. The standard InChI is InChI=1S/C39H35BrFN2/c1-38(2)32-21-27-12-6-7-13-28(27)22-34(32)43(5)35(38)15-10-16-36-39(3,24-25-19-29(40)23-30(41)20-25)37-31-14-9-8-11-26(31)17-18-33(37)42(36)4/h6-23H,24H2,1-5H3/q+1. The van der Waals surface area contributed by atoms with E-state index in [4.69, 9.17) is 0 Å². The van der Waals surface area contributed by atoms with Crippen LogP contribution in [0.25, 0.3) is 21.5 Å². The minimum Gasteiger partial charge on any atom is -0.347 e. The average Bonchev–Trinajstić information content (AvgIpc) is 3.29. The van der Waals surface area contributed by atoms with Crippen molar-refractivity contribution in [1.29, 1.82) is 0 Å². The third-order valence-corrected chi connectivity index (χ3v) is 10.1. The Balaban J connectivity index is 1.35. The first-order valence-corrected chi connectivity index (χ1v) is 15.6. The van der Waals surface area contributed by atoms with Crippen LogP contribution in [0.15, 0.2) is 119 Å². The SMILES string of the molecule is CN1C(=CC=CC2=[N+](C)c3cc4ccccc4cc3C2(C)C)C(C)(Cc2cc(F)cc(Br)c2)c2c1ccc1ccccc21. The molecule has 1 atom stereocenters. The van der Waals surface area contributed by atoms with Gasteiger partial charge in [0.1, 0.15) is 12.9 Å². The Hall–Kier alpha value is -4.02. The molecular weight excluding hydrogens is 595 g/mol. The Morgan fingerprint density at radius 1 is 0.860 bits per heavy atom. The van der Waals surface area contributed by atoms with E-state index in [1.54, 1.807) is 6.07 Å². The van der Waals surface area contributed by atoms with Crippen LogP contribution in [-0.4, -0.2) is 24.4 Å². The summed E-state index contributed by atoms with van der Waals surface area (Å²) in [7, 11) is 4.32. The van der Waals surface area contributed by atoms with Crippen LogP contribution in [0.5, 0.6) is 0 Å². The highest BCUT2D eigenvalue weighted by Gasteiger charge is 2.45. The first-order valence-electron chi connectivity index (χ1n) is 14.8. The summed E-state index contributed by atoms with van der Waals surface area (Å²) in [6.45, 7) is 6.93. The van der Waals surface area contributed by atoms with Crippen LogP contribution in [0, 0.1) is 5.82 Å². The van der Waals surface area contributed by atoms with Gasteiger partial charge in [-0.2, -0.15) is 4.58 Å². The van der Waals surface area contributed by atoms with Crippen molar-refractivity contribution in [3.05, 3.63) is 142 Å². The molecule has 2 aliphatic rings. The maximum Gasteiger partial charge on any atom is 0.210 e. The minimum atomic E-state index is -0.370. The number of hydrogen-bond donors (Lipinski definition) is 0. The van der Waals surface area contributed by atoms with Crippen molar-refractivity contribution in [2.45, 2.75) is 38.0 Å². The second-order valence-electron chi connectivity index (χ2n) is 12.7. The van der Waals surface area contributed by atoms with Gasteiger partial charge in [-0.1, -0.05) is 76.6 Å². The number of allylic oxidation sites excluding steroid dienone is 4. The molecule has 214 valence electrons. The molecule has 7 rings (SSSR count). The average molecular weight is 631 g/mol. The lowest BCUT2D eigenvalue weighted by molar-refractivity contribution is -0.401. The van der Waals surface area contributed by atoms with Crippen LogP contribution >= 0.6 is 15.9 Å². The molecular formula is C39H35BrFN2+.